The second-order valence-electron chi connectivity index (χ2n) is 3.93. The molecule has 4 nitrogen and oxygen atoms in total. The summed E-state index contributed by atoms with van der Waals surface area (Å²) in [6, 6.07) is 11.6. The van der Waals surface area contributed by atoms with Gasteiger partial charge in [0.15, 0.2) is 4.67 Å². The predicted octanol–water partition coefficient (Wildman–Crippen LogP) is 3.68. The summed E-state index contributed by atoms with van der Waals surface area (Å²) in [6.45, 7) is 1.80. The van der Waals surface area contributed by atoms with Crippen molar-refractivity contribution in [3.8, 4) is 5.75 Å². The van der Waals surface area contributed by atoms with Gasteiger partial charge in [0, 0.05) is 12.8 Å². The van der Waals surface area contributed by atoms with Crippen LogP contribution < -0.4 is 10.1 Å². The lowest BCUT2D eigenvalue weighted by Crippen LogP contribution is -2.04. The van der Waals surface area contributed by atoms with E-state index in [1.165, 1.54) is 0 Å². The van der Waals surface area contributed by atoms with Crippen molar-refractivity contribution in [1.29, 1.82) is 0 Å². The number of nitrogens with one attached hydrogen (secondary N) is 1. The maximum absolute atomic E-state index is 5.49. The third kappa shape index (κ3) is 4.61. The topological polar surface area (TPSA) is 43.6 Å². The number of hydrogen-bond donors (Lipinski definition) is 1. The Labute approximate surface area is 120 Å². The normalized spacial score (nSPS) is 10.4. The Bertz CT molecular complexity index is 496. The van der Waals surface area contributed by atoms with E-state index in [0.29, 0.717) is 19.8 Å². The highest BCUT2D eigenvalue weighted by molar-refractivity contribution is 9.10. The van der Waals surface area contributed by atoms with Crippen LogP contribution in [0, 0.1) is 0 Å². The molecule has 19 heavy (non-hydrogen) atoms. The largest absolute Gasteiger partial charge is 0.491 e. The summed E-state index contributed by atoms with van der Waals surface area (Å²) >= 11 is 3.28. The maximum Gasteiger partial charge on any atom is 0.169 e. The highest BCUT2D eigenvalue weighted by Gasteiger charge is 2.00. The van der Waals surface area contributed by atoms with Gasteiger partial charge in [0.2, 0.25) is 0 Å². The molecule has 0 saturated carbocycles. The molecule has 102 valence electrons. The van der Waals surface area contributed by atoms with Crippen molar-refractivity contribution >= 4 is 21.6 Å². The molecule has 1 heterocycles. The van der Waals surface area contributed by atoms with Gasteiger partial charge >= 0.3 is 0 Å². The lowest BCUT2D eigenvalue weighted by Gasteiger charge is -2.07. The van der Waals surface area contributed by atoms with Gasteiger partial charge < -0.3 is 19.2 Å². The van der Waals surface area contributed by atoms with Crippen molar-refractivity contribution in [1.82, 2.24) is 0 Å². The average Bonchev–Trinajstić information content (AvgIpc) is 2.84. The molecule has 0 unspecified atom stereocenters. The predicted molar refractivity (Wildman–Crippen MR) is 77.5 cm³/mol. The first kappa shape index (κ1) is 14.0. The summed E-state index contributed by atoms with van der Waals surface area (Å²) in [4.78, 5) is 0. The van der Waals surface area contributed by atoms with Gasteiger partial charge in [-0.2, -0.15) is 0 Å². The molecule has 5 heteroatoms. The average molecular weight is 326 g/mol. The highest BCUT2D eigenvalue weighted by Crippen LogP contribution is 2.18. The van der Waals surface area contributed by atoms with Gasteiger partial charge in [0.05, 0.1) is 13.2 Å². The molecular formula is C14H16BrNO3. The molecule has 1 N–H and O–H groups in total. The molecule has 1 aromatic heterocycles. The molecule has 0 aliphatic rings. The first-order chi connectivity index (χ1) is 9.28. The van der Waals surface area contributed by atoms with E-state index in [9.17, 15) is 0 Å². The fourth-order valence-electron chi connectivity index (χ4n) is 1.55. The van der Waals surface area contributed by atoms with Crippen molar-refractivity contribution < 1.29 is 13.9 Å². The number of furan rings is 1. The van der Waals surface area contributed by atoms with Crippen LogP contribution in [0.1, 0.15) is 5.76 Å². The van der Waals surface area contributed by atoms with Crippen LogP contribution in [0.15, 0.2) is 45.5 Å². The van der Waals surface area contributed by atoms with Crippen LogP contribution in [0.5, 0.6) is 5.75 Å². The van der Waals surface area contributed by atoms with Gasteiger partial charge in [0.1, 0.15) is 18.1 Å². The SMILES string of the molecule is COCCOc1ccc(NCc2ccc(Br)o2)cc1. The Morgan fingerprint density at radius 2 is 1.89 bits per heavy atom. The summed E-state index contributed by atoms with van der Waals surface area (Å²) in [6.07, 6.45) is 0. The molecule has 0 fully saturated rings. The zero-order chi connectivity index (χ0) is 13.5. The van der Waals surface area contributed by atoms with E-state index in [-0.39, 0.29) is 0 Å². The minimum absolute atomic E-state index is 0.559. The molecule has 0 atom stereocenters. The van der Waals surface area contributed by atoms with Crippen LogP contribution in [-0.4, -0.2) is 20.3 Å². The Kier molecular flexibility index (Phi) is 5.30. The highest BCUT2D eigenvalue weighted by atomic mass is 79.9. The molecule has 0 amide bonds. The first-order valence-corrected chi connectivity index (χ1v) is 6.77. The second-order valence-corrected chi connectivity index (χ2v) is 4.71. The first-order valence-electron chi connectivity index (χ1n) is 5.98. The summed E-state index contributed by atoms with van der Waals surface area (Å²) < 4.78 is 16.6. The fraction of sp³-hybridized carbons (Fsp3) is 0.286. The number of benzene rings is 1. The molecule has 0 saturated heterocycles. The number of methoxy groups -OCH3 is 1. The van der Waals surface area contributed by atoms with E-state index in [4.69, 9.17) is 13.9 Å². The number of ether oxygens (including phenoxy) is 2. The van der Waals surface area contributed by atoms with E-state index in [1.807, 2.05) is 36.4 Å². The third-order valence-corrected chi connectivity index (χ3v) is 2.93. The molecule has 2 rings (SSSR count). The molecule has 1 aromatic carbocycles. The van der Waals surface area contributed by atoms with Crippen molar-refractivity contribution in [3.63, 3.8) is 0 Å². The van der Waals surface area contributed by atoms with E-state index in [1.54, 1.807) is 7.11 Å². The van der Waals surface area contributed by atoms with Crippen molar-refractivity contribution in [2.24, 2.45) is 0 Å². The molecule has 0 aliphatic heterocycles. The zero-order valence-corrected chi connectivity index (χ0v) is 12.3. The Morgan fingerprint density at radius 1 is 1.11 bits per heavy atom. The molecule has 0 aliphatic carbocycles. The molecule has 2 aromatic rings. The number of halogens is 1. The van der Waals surface area contributed by atoms with Crippen molar-refractivity contribution in [3.05, 3.63) is 46.8 Å². The van der Waals surface area contributed by atoms with Crippen molar-refractivity contribution in [2.75, 3.05) is 25.6 Å². The summed E-state index contributed by atoms with van der Waals surface area (Å²) in [5, 5.41) is 3.27. The van der Waals surface area contributed by atoms with Gasteiger partial charge in [-0.3, -0.25) is 0 Å². The van der Waals surface area contributed by atoms with Gasteiger partial charge in [-0.05, 0) is 52.3 Å². The smallest absolute Gasteiger partial charge is 0.169 e. The van der Waals surface area contributed by atoms with Crippen LogP contribution >= 0.6 is 15.9 Å². The number of anilines is 1. The fourth-order valence-corrected chi connectivity index (χ4v) is 1.89. The van der Waals surface area contributed by atoms with Crippen LogP contribution in [0.4, 0.5) is 5.69 Å². The zero-order valence-electron chi connectivity index (χ0n) is 10.7. The van der Waals surface area contributed by atoms with Crippen molar-refractivity contribution in [2.45, 2.75) is 6.54 Å². The maximum atomic E-state index is 5.49. The van der Waals surface area contributed by atoms with Crippen LogP contribution in [-0.2, 0) is 11.3 Å². The summed E-state index contributed by atoms with van der Waals surface area (Å²) in [5.74, 6) is 1.72. The van der Waals surface area contributed by atoms with Crippen LogP contribution in [0.3, 0.4) is 0 Å². The van der Waals surface area contributed by atoms with E-state index >= 15 is 0 Å². The minimum atomic E-state index is 0.559. The van der Waals surface area contributed by atoms with Crippen LogP contribution in [0.2, 0.25) is 0 Å². The van der Waals surface area contributed by atoms with Gasteiger partial charge in [-0.25, -0.2) is 0 Å². The second kappa shape index (κ2) is 7.21. The summed E-state index contributed by atoms with van der Waals surface area (Å²) in [7, 11) is 1.66. The Balaban J connectivity index is 1.81. The van der Waals surface area contributed by atoms with E-state index in [2.05, 4.69) is 21.2 Å². The monoisotopic (exact) mass is 325 g/mol. The summed E-state index contributed by atoms with van der Waals surface area (Å²) in [5.41, 5.74) is 1.02. The Morgan fingerprint density at radius 3 is 2.53 bits per heavy atom. The lowest BCUT2D eigenvalue weighted by molar-refractivity contribution is 0.146. The number of rotatable bonds is 7. The standard InChI is InChI=1S/C14H16BrNO3/c1-17-8-9-18-12-4-2-11(3-5-12)16-10-13-6-7-14(15)19-13/h2-7,16H,8-10H2,1H3. The van der Waals surface area contributed by atoms with E-state index in [0.717, 1.165) is 21.9 Å². The van der Waals surface area contributed by atoms with Gasteiger partial charge in [-0.15, -0.1) is 0 Å². The Hall–Kier alpha value is -1.46. The molecule has 0 spiro atoms. The lowest BCUT2D eigenvalue weighted by atomic mass is 10.3. The quantitative estimate of drug-likeness (QED) is 0.788. The van der Waals surface area contributed by atoms with Gasteiger partial charge in [0.25, 0.3) is 0 Å². The molecular weight excluding hydrogens is 310 g/mol. The van der Waals surface area contributed by atoms with E-state index < -0.39 is 0 Å². The minimum Gasteiger partial charge on any atom is -0.491 e. The van der Waals surface area contributed by atoms with Gasteiger partial charge in [-0.1, -0.05) is 0 Å². The molecule has 0 bridgehead atoms. The molecule has 0 radical (unpaired) electrons. The third-order valence-electron chi connectivity index (χ3n) is 2.51. The number of hydrogen-bond acceptors (Lipinski definition) is 4. The van der Waals surface area contributed by atoms with Crippen LogP contribution in [0.25, 0.3) is 0 Å².